The van der Waals surface area contributed by atoms with Crippen LogP contribution >= 0.6 is 28.3 Å². The number of hydrogen-bond donors (Lipinski definition) is 1. The van der Waals surface area contributed by atoms with Crippen LogP contribution < -0.4 is 5.73 Å². The fourth-order valence-electron chi connectivity index (χ4n) is 2.68. The van der Waals surface area contributed by atoms with Gasteiger partial charge in [0.05, 0.1) is 0 Å². The van der Waals surface area contributed by atoms with E-state index in [1.54, 1.807) is 0 Å². The van der Waals surface area contributed by atoms with Crippen LogP contribution in [0.15, 0.2) is 28.7 Å². The smallest absolute Gasteiger partial charge is 0.0248 e. The minimum absolute atomic E-state index is 0. The van der Waals surface area contributed by atoms with E-state index in [0.29, 0.717) is 6.04 Å². The molecule has 2 nitrogen and oxygen atoms in total. The molecule has 1 aromatic carbocycles. The summed E-state index contributed by atoms with van der Waals surface area (Å²) in [6.45, 7) is 4.33. The molecule has 0 aliphatic carbocycles. The summed E-state index contributed by atoms with van der Waals surface area (Å²) in [6, 6.07) is 9.38. The maximum atomic E-state index is 6.09. The van der Waals surface area contributed by atoms with Crippen LogP contribution in [-0.4, -0.2) is 23.5 Å². The zero-order chi connectivity index (χ0) is 12.3. The Morgan fingerprint density at radius 1 is 1.44 bits per heavy atom. The lowest BCUT2D eigenvalue weighted by Crippen LogP contribution is -2.48. The van der Waals surface area contributed by atoms with E-state index < -0.39 is 0 Å². The Bertz CT molecular complexity index is 371. The van der Waals surface area contributed by atoms with E-state index in [1.165, 1.54) is 31.4 Å². The molecule has 1 aliphatic rings. The molecule has 1 aliphatic heterocycles. The molecular formula is C14H22BrClN2. The molecule has 0 amide bonds. The fourth-order valence-corrected chi connectivity index (χ4v) is 3.12. The van der Waals surface area contributed by atoms with Crippen LogP contribution in [-0.2, 0) is 6.54 Å². The number of piperidine rings is 1. The van der Waals surface area contributed by atoms with E-state index >= 15 is 0 Å². The Labute approximate surface area is 124 Å². The van der Waals surface area contributed by atoms with Crippen molar-refractivity contribution >= 4 is 28.3 Å². The Kier molecular flexibility index (Phi) is 6.64. The van der Waals surface area contributed by atoms with Crippen LogP contribution in [0.1, 0.15) is 31.7 Å². The Morgan fingerprint density at radius 3 is 2.89 bits per heavy atom. The summed E-state index contributed by atoms with van der Waals surface area (Å²) in [7, 11) is 0. The van der Waals surface area contributed by atoms with Crippen molar-refractivity contribution in [2.24, 2.45) is 5.73 Å². The molecular weight excluding hydrogens is 312 g/mol. The first-order chi connectivity index (χ1) is 8.16. The molecule has 2 N–H and O–H groups in total. The van der Waals surface area contributed by atoms with Crippen LogP contribution in [0.4, 0.5) is 0 Å². The Balaban J connectivity index is 0.00000162. The number of likely N-dealkylation sites (tertiary alicyclic amines) is 1. The van der Waals surface area contributed by atoms with Crippen molar-refractivity contribution in [2.75, 3.05) is 6.54 Å². The maximum absolute atomic E-state index is 6.09. The highest BCUT2D eigenvalue weighted by Gasteiger charge is 2.25. The third-order valence-electron chi connectivity index (χ3n) is 3.55. The number of rotatable bonds is 3. The fraction of sp³-hybridized carbons (Fsp3) is 0.571. The third-order valence-corrected chi connectivity index (χ3v) is 4.04. The van der Waals surface area contributed by atoms with Gasteiger partial charge in [0.25, 0.3) is 0 Å². The van der Waals surface area contributed by atoms with Crippen molar-refractivity contribution in [3.63, 3.8) is 0 Å². The number of nitrogens with two attached hydrogens (primary N) is 1. The normalized spacial score (nSPS) is 22.3. The van der Waals surface area contributed by atoms with Crippen molar-refractivity contribution < 1.29 is 0 Å². The molecule has 0 saturated carbocycles. The summed E-state index contributed by atoms with van der Waals surface area (Å²) in [6.07, 6.45) is 3.87. The van der Waals surface area contributed by atoms with Crippen molar-refractivity contribution in [3.8, 4) is 0 Å². The summed E-state index contributed by atoms with van der Waals surface area (Å²) in [5.74, 6) is 0. The van der Waals surface area contributed by atoms with Gasteiger partial charge in [-0.1, -0.05) is 34.5 Å². The van der Waals surface area contributed by atoms with Crippen molar-refractivity contribution in [2.45, 2.75) is 44.8 Å². The van der Waals surface area contributed by atoms with Gasteiger partial charge in [-0.2, -0.15) is 0 Å². The van der Waals surface area contributed by atoms with Gasteiger partial charge in [0.15, 0.2) is 0 Å². The SMILES string of the molecule is CC(N)C1CCCCN1Cc1cccc(Br)c1.Cl. The van der Waals surface area contributed by atoms with Gasteiger partial charge in [-0.15, -0.1) is 12.4 Å². The monoisotopic (exact) mass is 332 g/mol. The van der Waals surface area contributed by atoms with Gasteiger partial charge in [-0.05, 0) is 44.0 Å². The van der Waals surface area contributed by atoms with Crippen molar-refractivity contribution in [1.29, 1.82) is 0 Å². The lowest BCUT2D eigenvalue weighted by molar-refractivity contribution is 0.123. The largest absolute Gasteiger partial charge is 0.327 e. The minimum Gasteiger partial charge on any atom is -0.327 e. The van der Waals surface area contributed by atoms with E-state index in [1.807, 2.05) is 0 Å². The second-order valence-electron chi connectivity index (χ2n) is 5.02. The quantitative estimate of drug-likeness (QED) is 0.916. The van der Waals surface area contributed by atoms with Crippen molar-refractivity contribution in [3.05, 3.63) is 34.3 Å². The van der Waals surface area contributed by atoms with Gasteiger partial charge in [0.2, 0.25) is 0 Å². The zero-order valence-corrected chi connectivity index (χ0v) is 13.2. The zero-order valence-electron chi connectivity index (χ0n) is 10.8. The van der Waals surface area contributed by atoms with Crippen LogP contribution in [0.3, 0.4) is 0 Å². The molecule has 2 unspecified atom stereocenters. The highest BCUT2D eigenvalue weighted by Crippen LogP contribution is 2.22. The molecule has 1 heterocycles. The number of halogens is 2. The van der Waals surface area contributed by atoms with E-state index in [9.17, 15) is 0 Å². The van der Waals surface area contributed by atoms with Gasteiger partial charge in [-0.25, -0.2) is 0 Å². The van der Waals surface area contributed by atoms with Crippen molar-refractivity contribution in [1.82, 2.24) is 4.90 Å². The summed E-state index contributed by atoms with van der Waals surface area (Å²) < 4.78 is 1.16. The second kappa shape index (κ2) is 7.49. The van der Waals surface area contributed by atoms with E-state index in [4.69, 9.17) is 5.73 Å². The van der Waals surface area contributed by atoms with Crippen LogP contribution in [0.2, 0.25) is 0 Å². The average Bonchev–Trinajstić information content (AvgIpc) is 2.29. The van der Waals surface area contributed by atoms with Gasteiger partial charge in [0, 0.05) is 23.1 Å². The average molecular weight is 334 g/mol. The van der Waals surface area contributed by atoms with Crippen LogP contribution in [0.5, 0.6) is 0 Å². The summed E-state index contributed by atoms with van der Waals surface area (Å²) in [5.41, 5.74) is 7.46. The van der Waals surface area contributed by atoms with Gasteiger partial charge < -0.3 is 5.73 Å². The minimum atomic E-state index is 0. The molecule has 0 radical (unpaired) electrons. The van der Waals surface area contributed by atoms with E-state index in [-0.39, 0.29) is 18.4 Å². The van der Waals surface area contributed by atoms with Crippen LogP contribution in [0, 0.1) is 0 Å². The number of hydrogen-bond acceptors (Lipinski definition) is 2. The summed E-state index contributed by atoms with van der Waals surface area (Å²) >= 11 is 3.53. The molecule has 1 saturated heterocycles. The highest BCUT2D eigenvalue weighted by atomic mass is 79.9. The standard InChI is InChI=1S/C14H21BrN2.ClH/c1-11(16)14-7-2-3-8-17(14)10-12-5-4-6-13(15)9-12;/h4-6,9,11,14H,2-3,7-8,10,16H2,1H3;1H. The molecule has 2 atom stereocenters. The predicted octanol–water partition coefficient (Wildman–Crippen LogP) is 3.57. The molecule has 0 aromatic heterocycles. The highest BCUT2D eigenvalue weighted by molar-refractivity contribution is 9.10. The maximum Gasteiger partial charge on any atom is 0.0248 e. The molecule has 1 fully saturated rings. The van der Waals surface area contributed by atoms with Gasteiger partial charge in [0.1, 0.15) is 0 Å². The van der Waals surface area contributed by atoms with Gasteiger partial charge >= 0.3 is 0 Å². The first-order valence-corrected chi connectivity index (χ1v) is 7.20. The molecule has 0 bridgehead atoms. The Morgan fingerprint density at radius 2 is 2.22 bits per heavy atom. The first-order valence-electron chi connectivity index (χ1n) is 6.41. The summed E-state index contributed by atoms with van der Waals surface area (Å²) in [4.78, 5) is 2.54. The molecule has 0 spiro atoms. The molecule has 102 valence electrons. The van der Waals surface area contributed by atoms with Gasteiger partial charge in [-0.3, -0.25) is 4.90 Å². The third kappa shape index (κ3) is 4.23. The summed E-state index contributed by atoms with van der Waals surface area (Å²) in [5, 5.41) is 0. The van der Waals surface area contributed by atoms with E-state index in [0.717, 1.165) is 11.0 Å². The molecule has 2 rings (SSSR count). The molecule has 4 heteroatoms. The lowest BCUT2D eigenvalue weighted by atomic mass is 9.96. The molecule has 18 heavy (non-hydrogen) atoms. The molecule has 1 aromatic rings. The Hall–Kier alpha value is -0.0900. The number of nitrogens with zero attached hydrogens (tertiary/aromatic N) is 1. The second-order valence-corrected chi connectivity index (χ2v) is 5.94. The lowest BCUT2D eigenvalue weighted by Gasteiger charge is -2.38. The topological polar surface area (TPSA) is 29.3 Å². The van der Waals surface area contributed by atoms with Crippen LogP contribution in [0.25, 0.3) is 0 Å². The van der Waals surface area contributed by atoms with E-state index in [2.05, 4.69) is 52.0 Å². The number of benzene rings is 1. The first kappa shape index (κ1) is 16.0. The predicted molar refractivity (Wildman–Crippen MR) is 83.1 cm³/mol.